The van der Waals surface area contributed by atoms with E-state index in [1.165, 1.54) is 20.8 Å². The first-order valence-corrected chi connectivity index (χ1v) is 8.25. The zero-order valence-corrected chi connectivity index (χ0v) is 13.4. The number of fused-ring (bicyclic) bond motifs is 1. The van der Waals surface area contributed by atoms with Gasteiger partial charge in [0.15, 0.2) is 22.2 Å². The van der Waals surface area contributed by atoms with E-state index in [2.05, 4.69) is 9.97 Å². The summed E-state index contributed by atoms with van der Waals surface area (Å²) in [6, 6.07) is 0. The first kappa shape index (κ1) is 18.2. The number of phenols is 2. The molecule has 5 nitrogen and oxygen atoms in total. The fourth-order valence-corrected chi connectivity index (χ4v) is 3.06. The van der Waals surface area contributed by atoms with E-state index in [1.54, 1.807) is 0 Å². The zero-order valence-electron chi connectivity index (χ0n) is 12.5. The van der Waals surface area contributed by atoms with Gasteiger partial charge in [-0.3, -0.25) is 0 Å². The molecule has 2 rings (SSSR count). The average molecular weight is 377 g/mol. The van der Waals surface area contributed by atoms with Crippen LogP contribution in [0.4, 0.5) is 29.6 Å². The lowest BCUT2D eigenvalue weighted by Gasteiger charge is -2.41. The molecular weight excluding hydrogens is 364 g/mol. The number of aromatic nitrogens is 2. The maximum atomic E-state index is 14.1. The van der Waals surface area contributed by atoms with Crippen LogP contribution in [0.3, 0.4) is 0 Å². The third-order valence-electron chi connectivity index (χ3n) is 3.08. The van der Waals surface area contributed by atoms with Crippen molar-refractivity contribution in [2.24, 2.45) is 0 Å². The number of hydrogen-bond acceptors (Lipinski definition) is 5. The molecule has 0 atom stereocenters. The molecule has 1 aromatic heterocycles. The van der Waals surface area contributed by atoms with E-state index in [-0.39, 0.29) is 5.82 Å². The Balaban J connectivity index is 3.19. The van der Waals surface area contributed by atoms with E-state index in [0.29, 0.717) is 0 Å². The minimum Gasteiger partial charge on any atom is -0.503 e. The quantitative estimate of drug-likeness (QED) is 0.494. The summed E-state index contributed by atoms with van der Waals surface area (Å²) in [7, 11) is -10.6. The lowest BCUT2D eigenvalue weighted by atomic mass is 9.95. The molecule has 0 saturated heterocycles. The van der Waals surface area contributed by atoms with Gasteiger partial charge in [-0.1, -0.05) is 40.2 Å². The molecule has 0 radical (unpaired) electrons. The number of rotatable bonds is 1. The molecule has 0 aliphatic heterocycles. The van der Waals surface area contributed by atoms with Gasteiger partial charge in [-0.15, -0.1) is 0 Å². The molecule has 136 valence electrons. The molecule has 0 spiro atoms. The normalized spacial score (nSPS) is 16.0. The summed E-state index contributed by atoms with van der Waals surface area (Å²) in [6.07, 6.45) is 0. The second kappa shape index (κ2) is 4.10. The first-order chi connectivity index (χ1) is 10.3. The Bertz CT molecular complexity index is 877. The van der Waals surface area contributed by atoms with Crippen LogP contribution < -0.4 is 5.73 Å². The van der Waals surface area contributed by atoms with Crippen molar-refractivity contribution in [2.45, 2.75) is 31.1 Å². The molecule has 2 aromatic rings. The van der Waals surface area contributed by atoms with Crippen molar-refractivity contribution in [3.05, 3.63) is 11.6 Å². The largest absolute Gasteiger partial charge is 0.503 e. The molecule has 0 aliphatic rings. The molecule has 4 N–H and O–H groups in total. The van der Waals surface area contributed by atoms with Gasteiger partial charge in [0.1, 0.15) is 17.2 Å². The monoisotopic (exact) mass is 377 g/mol. The number of anilines is 1. The fourth-order valence-electron chi connectivity index (χ4n) is 2.01. The fraction of sp³-hybridized carbons (Fsp3) is 0.333. The molecule has 12 heteroatoms. The molecule has 0 unspecified atom stereocenters. The summed E-state index contributed by atoms with van der Waals surface area (Å²) >= 11 is 0. The van der Waals surface area contributed by atoms with Crippen LogP contribution in [-0.4, -0.2) is 20.2 Å². The van der Waals surface area contributed by atoms with Crippen molar-refractivity contribution < 1.29 is 34.0 Å². The minimum absolute atomic E-state index is 0.232. The number of phenolic OH excluding ortho intramolecular Hbond substituents is 2. The lowest BCUT2D eigenvalue weighted by molar-refractivity contribution is 0.338. The predicted molar refractivity (Wildman–Crippen MR) is 77.3 cm³/mol. The Kier molecular flexibility index (Phi) is 3.12. The third kappa shape index (κ3) is 2.85. The summed E-state index contributed by atoms with van der Waals surface area (Å²) in [4.78, 5) is 4.09. The topological polar surface area (TPSA) is 92.3 Å². The van der Waals surface area contributed by atoms with Gasteiger partial charge in [-0.05, 0) is 0 Å². The highest BCUT2D eigenvalue weighted by molar-refractivity contribution is 8.46. The van der Waals surface area contributed by atoms with E-state index in [0.717, 1.165) is 0 Å². The van der Waals surface area contributed by atoms with Crippen LogP contribution in [0.5, 0.6) is 11.5 Å². The first-order valence-electron chi connectivity index (χ1n) is 6.29. The minimum atomic E-state index is -10.6. The summed E-state index contributed by atoms with van der Waals surface area (Å²) in [5.41, 5.74) is 3.17. The van der Waals surface area contributed by atoms with Crippen LogP contribution in [0.25, 0.3) is 10.9 Å². The van der Waals surface area contributed by atoms with Gasteiger partial charge >= 0.3 is 10.2 Å². The second-order valence-corrected chi connectivity index (χ2v) is 8.56. The van der Waals surface area contributed by atoms with Gasteiger partial charge in [0, 0.05) is 5.41 Å². The molecule has 24 heavy (non-hydrogen) atoms. The van der Waals surface area contributed by atoms with Crippen LogP contribution in [0.15, 0.2) is 4.90 Å². The van der Waals surface area contributed by atoms with Crippen molar-refractivity contribution in [1.82, 2.24) is 9.97 Å². The standard InChI is InChI=1S/C12H13F6N3O2S/c1-12(2,3)11-20-6-4(10(19)21-11)9(24(14,15,16,17)18)8(23)7(22)5(6)13/h22-23H,1-3H3,(H2,19,20,21). The Morgan fingerprint density at radius 1 is 0.958 bits per heavy atom. The van der Waals surface area contributed by atoms with Gasteiger partial charge < -0.3 is 15.9 Å². The molecular formula is C12H13F6N3O2S. The van der Waals surface area contributed by atoms with Crippen molar-refractivity contribution in [3.8, 4) is 11.5 Å². The van der Waals surface area contributed by atoms with Crippen molar-refractivity contribution in [3.63, 3.8) is 0 Å². The predicted octanol–water partition coefficient (Wildman–Crippen LogP) is 4.72. The zero-order chi connectivity index (χ0) is 18.9. The molecule has 0 fully saturated rings. The SMILES string of the molecule is CC(C)(C)c1nc(N)c2c(S(F)(F)(F)(F)F)c(O)c(O)c(F)c2n1. The van der Waals surface area contributed by atoms with Crippen LogP contribution >= 0.6 is 10.2 Å². The van der Waals surface area contributed by atoms with E-state index < -0.39 is 54.6 Å². The van der Waals surface area contributed by atoms with E-state index in [4.69, 9.17) is 5.73 Å². The average Bonchev–Trinajstić information content (AvgIpc) is 2.32. The van der Waals surface area contributed by atoms with Crippen LogP contribution in [-0.2, 0) is 5.41 Å². The summed E-state index contributed by atoms with van der Waals surface area (Å²) in [6.45, 7) is 4.57. The number of nitrogen functional groups attached to an aromatic ring is 1. The van der Waals surface area contributed by atoms with E-state index in [1.807, 2.05) is 0 Å². The summed E-state index contributed by atoms with van der Waals surface area (Å²) < 4.78 is 80.4. The molecule has 0 aliphatic carbocycles. The number of halogens is 6. The van der Waals surface area contributed by atoms with E-state index >= 15 is 0 Å². The van der Waals surface area contributed by atoms with Crippen molar-refractivity contribution in [2.75, 3.05) is 5.73 Å². The number of benzene rings is 1. The number of nitrogens with zero attached hydrogens (tertiary/aromatic N) is 2. The van der Waals surface area contributed by atoms with Crippen LogP contribution in [0.2, 0.25) is 0 Å². The number of aromatic hydroxyl groups is 2. The highest BCUT2D eigenvalue weighted by Gasteiger charge is 2.69. The Morgan fingerprint density at radius 2 is 1.46 bits per heavy atom. The summed E-state index contributed by atoms with van der Waals surface area (Å²) in [5.74, 6) is -7.50. The van der Waals surface area contributed by atoms with Gasteiger partial charge in [0.05, 0.1) is 5.39 Å². The van der Waals surface area contributed by atoms with Crippen molar-refractivity contribution in [1.29, 1.82) is 0 Å². The second-order valence-electron chi connectivity index (χ2n) is 6.22. The molecule has 1 aromatic carbocycles. The maximum Gasteiger partial charge on any atom is 0.314 e. The van der Waals surface area contributed by atoms with Gasteiger partial charge in [0.25, 0.3) is 0 Å². The Hall–Kier alpha value is -2.11. The maximum absolute atomic E-state index is 14.1. The van der Waals surface area contributed by atoms with Gasteiger partial charge in [-0.2, -0.15) is 0 Å². The molecule has 1 heterocycles. The van der Waals surface area contributed by atoms with Crippen LogP contribution in [0.1, 0.15) is 26.6 Å². The molecule has 0 bridgehead atoms. The van der Waals surface area contributed by atoms with E-state index in [9.17, 15) is 34.0 Å². The smallest absolute Gasteiger partial charge is 0.314 e. The number of hydrogen-bond donors (Lipinski definition) is 3. The highest BCUT2D eigenvalue weighted by atomic mass is 32.5. The van der Waals surface area contributed by atoms with Gasteiger partial charge in [-0.25, -0.2) is 14.4 Å². The molecule has 0 saturated carbocycles. The Labute approximate surface area is 131 Å². The summed E-state index contributed by atoms with van der Waals surface area (Å²) in [5, 5.41) is 17.0. The lowest BCUT2D eigenvalue weighted by Crippen LogP contribution is -2.18. The van der Waals surface area contributed by atoms with Crippen LogP contribution in [0, 0.1) is 5.82 Å². The number of nitrogens with two attached hydrogens (primary N) is 1. The Morgan fingerprint density at radius 3 is 1.88 bits per heavy atom. The highest BCUT2D eigenvalue weighted by Crippen LogP contribution is 3.04. The van der Waals surface area contributed by atoms with Crippen molar-refractivity contribution >= 4 is 26.9 Å². The van der Waals surface area contributed by atoms with Gasteiger partial charge in [0.2, 0.25) is 0 Å². The third-order valence-corrected chi connectivity index (χ3v) is 4.24. The molecule has 0 amide bonds.